The van der Waals surface area contributed by atoms with Crippen LogP contribution < -0.4 is 0 Å². The molecule has 0 saturated carbocycles. The van der Waals surface area contributed by atoms with Gasteiger partial charge in [0.15, 0.2) is 11.6 Å². The van der Waals surface area contributed by atoms with Crippen LogP contribution in [0.5, 0.6) is 0 Å². The minimum atomic E-state index is -1.12. The topological polar surface area (TPSA) is 34.1 Å². The van der Waals surface area contributed by atoms with Crippen molar-refractivity contribution in [3.8, 4) is 0 Å². The molecule has 2 unspecified atom stereocenters. The van der Waals surface area contributed by atoms with Gasteiger partial charge >= 0.3 is 0 Å². The van der Waals surface area contributed by atoms with Gasteiger partial charge in [-0.2, -0.15) is 0 Å². The van der Waals surface area contributed by atoms with E-state index in [4.69, 9.17) is 0 Å². The maximum Gasteiger partial charge on any atom is 0.187 e. The molecule has 0 amide bonds. The van der Waals surface area contributed by atoms with Gasteiger partial charge in [-0.3, -0.25) is 9.59 Å². The van der Waals surface area contributed by atoms with Gasteiger partial charge < -0.3 is 0 Å². The molecule has 0 fully saturated rings. The Labute approximate surface area is 195 Å². The predicted octanol–water partition coefficient (Wildman–Crippen LogP) is 6.75. The second kappa shape index (κ2) is 7.22. The minimum absolute atomic E-state index is 0.0122. The summed E-state index contributed by atoms with van der Waals surface area (Å²) in [5, 5.41) is 0. The van der Waals surface area contributed by atoms with E-state index in [0.29, 0.717) is 11.1 Å². The van der Waals surface area contributed by atoms with Gasteiger partial charge in [0.2, 0.25) is 0 Å². The average molecular weight is 451 g/mol. The molecule has 0 aliphatic carbocycles. The quantitative estimate of drug-likeness (QED) is 0.346. The second-order valence-electron chi connectivity index (χ2n) is 7.95. The van der Waals surface area contributed by atoms with E-state index in [2.05, 4.69) is 0 Å². The van der Waals surface area contributed by atoms with Crippen LogP contribution in [0.25, 0.3) is 0 Å². The molecule has 4 aromatic rings. The van der Waals surface area contributed by atoms with Crippen molar-refractivity contribution in [3.63, 3.8) is 0 Å². The number of Topliss-reactive ketones (excluding diaryl/α,β-unsaturated/α-hetero) is 2. The average Bonchev–Trinajstić information content (AvgIpc) is 3.34. The van der Waals surface area contributed by atoms with E-state index in [1.807, 2.05) is 109 Å². The Hall–Kier alpha value is -3.08. The standard InChI is InChI=1S/C28H18O2S2/c29-25-21-15-7-9-17-23(21)31-27(25,19-11-3-1-4-12-19)28(20-13-5-2-6-14-20)26(30)22-16-8-10-18-24(22)32-28/h1-18H. The Morgan fingerprint density at radius 3 is 1.16 bits per heavy atom. The normalized spacial score (nSPS) is 23.8. The molecular formula is C28H18O2S2. The van der Waals surface area contributed by atoms with E-state index in [1.54, 1.807) is 0 Å². The van der Waals surface area contributed by atoms with Gasteiger partial charge in [-0.15, -0.1) is 23.5 Å². The first-order valence-corrected chi connectivity index (χ1v) is 12.1. The summed E-state index contributed by atoms with van der Waals surface area (Å²) in [7, 11) is 0. The number of carbonyl (C=O) groups excluding carboxylic acids is 2. The number of fused-ring (bicyclic) bond motifs is 2. The summed E-state index contributed by atoms with van der Waals surface area (Å²) in [5.41, 5.74) is 3.06. The van der Waals surface area contributed by atoms with Crippen LogP contribution >= 0.6 is 23.5 Å². The number of ketones is 2. The van der Waals surface area contributed by atoms with Gasteiger partial charge in [-0.1, -0.05) is 97.1 Å². The van der Waals surface area contributed by atoms with Gasteiger partial charge in [0, 0.05) is 20.9 Å². The first-order chi connectivity index (χ1) is 15.7. The fourth-order valence-electron chi connectivity index (χ4n) is 4.88. The van der Waals surface area contributed by atoms with E-state index in [-0.39, 0.29) is 11.6 Å². The molecular weight excluding hydrogens is 432 g/mol. The van der Waals surface area contributed by atoms with Gasteiger partial charge in [-0.05, 0) is 23.3 Å². The fraction of sp³-hybridized carbons (Fsp3) is 0.0714. The lowest BCUT2D eigenvalue weighted by Crippen LogP contribution is -2.51. The number of rotatable bonds is 3. The highest BCUT2D eigenvalue weighted by Crippen LogP contribution is 2.69. The minimum Gasteiger partial charge on any atom is -0.292 e. The van der Waals surface area contributed by atoms with E-state index >= 15 is 0 Å². The lowest BCUT2D eigenvalue weighted by molar-refractivity contribution is 0.0832. The van der Waals surface area contributed by atoms with E-state index < -0.39 is 9.49 Å². The van der Waals surface area contributed by atoms with Crippen LogP contribution in [0.1, 0.15) is 31.8 Å². The molecule has 2 aliphatic rings. The molecule has 2 atom stereocenters. The number of carbonyl (C=O) groups is 2. The number of thioether (sulfide) groups is 2. The monoisotopic (exact) mass is 450 g/mol. The van der Waals surface area contributed by atoms with Crippen LogP contribution in [0.3, 0.4) is 0 Å². The molecule has 0 N–H and O–H groups in total. The summed E-state index contributed by atoms with van der Waals surface area (Å²) in [5.74, 6) is -0.0244. The Morgan fingerprint density at radius 1 is 0.438 bits per heavy atom. The maximum atomic E-state index is 14.4. The molecule has 4 aromatic carbocycles. The van der Waals surface area contributed by atoms with Crippen LogP contribution in [0.2, 0.25) is 0 Å². The Bertz CT molecular complexity index is 1260. The third-order valence-corrected chi connectivity index (χ3v) is 9.63. The van der Waals surface area contributed by atoms with Crippen LogP contribution in [0.4, 0.5) is 0 Å². The van der Waals surface area contributed by atoms with Crippen LogP contribution in [0.15, 0.2) is 119 Å². The largest absolute Gasteiger partial charge is 0.292 e. The van der Waals surface area contributed by atoms with E-state index in [1.165, 1.54) is 23.5 Å². The second-order valence-corrected chi connectivity index (χ2v) is 10.5. The zero-order valence-corrected chi connectivity index (χ0v) is 18.7. The molecule has 4 heteroatoms. The third kappa shape index (κ3) is 2.45. The van der Waals surface area contributed by atoms with Crippen molar-refractivity contribution >= 4 is 35.1 Å². The van der Waals surface area contributed by atoms with Crippen molar-refractivity contribution in [2.75, 3.05) is 0 Å². The first kappa shape index (κ1) is 19.6. The van der Waals surface area contributed by atoms with Gasteiger partial charge in [0.05, 0.1) is 0 Å². The highest BCUT2D eigenvalue weighted by atomic mass is 32.2. The van der Waals surface area contributed by atoms with Gasteiger partial charge in [-0.25, -0.2) is 0 Å². The molecule has 0 spiro atoms. The van der Waals surface area contributed by atoms with Crippen molar-refractivity contribution in [1.82, 2.24) is 0 Å². The molecule has 2 heterocycles. The SMILES string of the molecule is O=C1c2ccccc2SC1(c1ccccc1)C1(c2ccccc2)Sc2ccccc2C1=O. The van der Waals surface area contributed by atoms with Crippen LogP contribution in [-0.2, 0) is 9.49 Å². The lowest BCUT2D eigenvalue weighted by Gasteiger charge is -2.43. The summed E-state index contributed by atoms with van der Waals surface area (Å²) < 4.78 is -2.25. The van der Waals surface area contributed by atoms with Crippen LogP contribution in [-0.4, -0.2) is 11.6 Å². The molecule has 0 saturated heterocycles. The van der Waals surface area contributed by atoms with E-state index in [9.17, 15) is 9.59 Å². The summed E-state index contributed by atoms with van der Waals surface area (Å²) in [6, 6.07) is 35.0. The smallest absolute Gasteiger partial charge is 0.187 e. The number of benzene rings is 4. The van der Waals surface area contributed by atoms with Crippen molar-refractivity contribution < 1.29 is 9.59 Å². The summed E-state index contributed by atoms with van der Waals surface area (Å²) in [4.78, 5) is 30.6. The Kier molecular flexibility index (Phi) is 4.42. The highest BCUT2D eigenvalue weighted by molar-refractivity contribution is 8.06. The zero-order chi connectivity index (χ0) is 21.8. The summed E-state index contributed by atoms with van der Waals surface area (Å²) >= 11 is 3.04. The first-order valence-electron chi connectivity index (χ1n) is 10.5. The third-order valence-electron chi connectivity index (χ3n) is 6.29. The van der Waals surface area contributed by atoms with Crippen molar-refractivity contribution in [3.05, 3.63) is 131 Å². The maximum absolute atomic E-state index is 14.4. The predicted molar refractivity (Wildman–Crippen MR) is 129 cm³/mol. The van der Waals surface area contributed by atoms with Crippen molar-refractivity contribution in [2.45, 2.75) is 19.3 Å². The van der Waals surface area contributed by atoms with Crippen molar-refractivity contribution in [1.29, 1.82) is 0 Å². The lowest BCUT2D eigenvalue weighted by atomic mass is 9.72. The molecule has 0 bridgehead atoms. The molecule has 2 aliphatic heterocycles. The fourth-order valence-corrected chi connectivity index (χ4v) is 8.25. The number of hydrogen-bond donors (Lipinski definition) is 0. The van der Waals surface area contributed by atoms with Crippen LogP contribution in [0, 0.1) is 0 Å². The zero-order valence-electron chi connectivity index (χ0n) is 17.0. The molecule has 6 rings (SSSR count). The molecule has 2 nitrogen and oxygen atoms in total. The molecule has 0 radical (unpaired) electrons. The molecule has 0 aromatic heterocycles. The summed E-state index contributed by atoms with van der Waals surface area (Å²) in [6.07, 6.45) is 0. The number of hydrogen-bond acceptors (Lipinski definition) is 4. The van der Waals surface area contributed by atoms with Gasteiger partial charge in [0.1, 0.15) is 9.49 Å². The van der Waals surface area contributed by atoms with E-state index in [0.717, 1.165) is 20.9 Å². The Morgan fingerprint density at radius 2 is 0.781 bits per heavy atom. The highest BCUT2D eigenvalue weighted by Gasteiger charge is 2.68. The molecule has 154 valence electrons. The molecule has 32 heavy (non-hydrogen) atoms. The summed E-state index contributed by atoms with van der Waals surface area (Å²) in [6.45, 7) is 0. The van der Waals surface area contributed by atoms with Crippen molar-refractivity contribution in [2.24, 2.45) is 0 Å². The van der Waals surface area contributed by atoms with Gasteiger partial charge in [0.25, 0.3) is 0 Å². The Balaban J connectivity index is 1.72.